The van der Waals surface area contributed by atoms with Gasteiger partial charge in [0.1, 0.15) is 17.9 Å². The third kappa shape index (κ3) is 1.07. The van der Waals surface area contributed by atoms with Crippen molar-refractivity contribution in [2.45, 2.75) is 0 Å². The Kier molecular flexibility index (Phi) is 1.72. The quantitative estimate of drug-likeness (QED) is 0.598. The van der Waals surface area contributed by atoms with Gasteiger partial charge in [-0.15, -0.1) is 0 Å². The number of amidine groups is 1. The fourth-order valence-corrected chi connectivity index (χ4v) is 1.65. The first-order chi connectivity index (χ1) is 6.24. The number of hydrogen-bond donors (Lipinski definition) is 1. The molecule has 0 saturated carbocycles. The fraction of sp³-hybridized carbons (Fsp3) is 0.500. The molecule has 0 radical (unpaired) electrons. The highest BCUT2D eigenvalue weighted by molar-refractivity contribution is 6.07. The van der Waals surface area contributed by atoms with Crippen LogP contribution in [0.2, 0.25) is 0 Å². The molecule has 0 saturated heterocycles. The van der Waals surface area contributed by atoms with Gasteiger partial charge in [0.2, 0.25) is 0 Å². The van der Waals surface area contributed by atoms with Crippen LogP contribution < -0.4 is 5.32 Å². The molecular formula is C8H13N5. The van der Waals surface area contributed by atoms with E-state index in [0.717, 1.165) is 24.0 Å². The van der Waals surface area contributed by atoms with Crippen LogP contribution in [0.5, 0.6) is 0 Å². The van der Waals surface area contributed by atoms with Gasteiger partial charge in [0.05, 0.1) is 6.67 Å². The predicted octanol–water partition coefficient (Wildman–Crippen LogP) is -0.350. The van der Waals surface area contributed by atoms with Crippen molar-refractivity contribution >= 4 is 12.2 Å². The largest absolute Gasteiger partial charge is 0.373 e. The third-order valence-corrected chi connectivity index (χ3v) is 2.21. The van der Waals surface area contributed by atoms with Crippen molar-refractivity contribution in [3.05, 3.63) is 11.5 Å². The van der Waals surface area contributed by atoms with E-state index >= 15 is 0 Å². The standard InChI is InChI=1S/C8H13N5/c1-9-7-6-8(11-4-10-6)13(3)5-12(7)2/h4,9H,5H2,1-3H3. The molecule has 2 aliphatic rings. The zero-order chi connectivity index (χ0) is 9.42. The summed E-state index contributed by atoms with van der Waals surface area (Å²) in [5.74, 6) is 1.98. The highest BCUT2D eigenvalue weighted by atomic mass is 15.4. The van der Waals surface area contributed by atoms with Gasteiger partial charge in [-0.05, 0) is 0 Å². The molecule has 0 atom stereocenters. The van der Waals surface area contributed by atoms with Gasteiger partial charge >= 0.3 is 0 Å². The molecule has 0 aromatic heterocycles. The van der Waals surface area contributed by atoms with Gasteiger partial charge in [0.25, 0.3) is 0 Å². The molecule has 0 aromatic carbocycles. The summed E-state index contributed by atoms with van der Waals surface area (Å²) < 4.78 is 0. The molecule has 0 unspecified atom stereocenters. The molecule has 70 valence electrons. The lowest BCUT2D eigenvalue weighted by Crippen LogP contribution is -2.45. The number of fused-ring (bicyclic) bond motifs is 1. The van der Waals surface area contributed by atoms with Gasteiger partial charge in [0, 0.05) is 21.1 Å². The number of aliphatic imine (C=N–C) groups is 2. The molecule has 2 rings (SSSR count). The minimum atomic E-state index is 0.835. The van der Waals surface area contributed by atoms with Crippen LogP contribution in [0.15, 0.2) is 21.5 Å². The molecule has 5 heteroatoms. The summed E-state index contributed by atoms with van der Waals surface area (Å²) in [7, 11) is 5.94. The lowest BCUT2D eigenvalue weighted by atomic mass is 10.3. The summed E-state index contributed by atoms with van der Waals surface area (Å²) in [6, 6.07) is 0. The van der Waals surface area contributed by atoms with Gasteiger partial charge in [0.15, 0.2) is 5.84 Å². The van der Waals surface area contributed by atoms with E-state index in [1.807, 2.05) is 21.1 Å². The van der Waals surface area contributed by atoms with Crippen molar-refractivity contribution in [1.82, 2.24) is 15.1 Å². The number of hydrogen-bond acceptors (Lipinski definition) is 5. The molecule has 5 nitrogen and oxygen atoms in total. The zero-order valence-corrected chi connectivity index (χ0v) is 8.07. The molecule has 13 heavy (non-hydrogen) atoms. The van der Waals surface area contributed by atoms with E-state index in [2.05, 4.69) is 25.1 Å². The van der Waals surface area contributed by atoms with Crippen LogP contribution >= 0.6 is 0 Å². The van der Waals surface area contributed by atoms with Crippen LogP contribution in [-0.2, 0) is 0 Å². The molecule has 2 heterocycles. The third-order valence-electron chi connectivity index (χ3n) is 2.21. The van der Waals surface area contributed by atoms with Gasteiger partial charge < -0.3 is 15.1 Å². The van der Waals surface area contributed by atoms with Crippen LogP contribution in [0.4, 0.5) is 0 Å². The first-order valence-corrected chi connectivity index (χ1v) is 4.19. The summed E-state index contributed by atoms with van der Waals surface area (Å²) in [4.78, 5) is 12.6. The minimum absolute atomic E-state index is 0.835. The molecule has 0 aromatic rings. The number of nitrogens with zero attached hydrogens (tertiary/aromatic N) is 4. The number of likely N-dealkylation sites (N-methyl/N-ethyl adjacent to an activating group) is 1. The maximum absolute atomic E-state index is 4.22. The monoisotopic (exact) mass is 179 g/mol. The molecule has 0 amide bonds. The van der Waals surface area contributed by atoms with Gasteiger partial charge in [-0.3, -0.25) is 0 Å². The molecular weight excluding hydrogens is 166 g/mol. The first kappa shape index (κ1) is 8.10. The first-order valence-electron chi connectivity index (χ1n) is 4.19. The van der Waals surface area contributed by atoms with E-state index in [9.17, 15) is 0 Å². The van der Waals surface area contributed by atoms with E-state index in [0.29, 0.717) is 0 Å². The van der Waals surface area contributed by atoms with E-state index in [1.54, 1.807) is 6.34 Å². The average Bonchev–Trinajstić information content (AvgIpc) is 2.53. The highest BCUT2D eigenvalue weighted by Gasteiger charge is 2.27. The maximum atomic E-state index is 4.22. The Balaban J connectivity index is 2.46. The lowest BCUT2D eigenvalue weighted by molar-refractivity contribution is 0.268. The summed E-state index contributed by atoms with van der Waals surface area (Å²) in [5.41, 5.74) is 0.929. The minimum Gasteiger partial charge on any atom is -0.373 e. The summed E-state index contributed by atoms with van der Waals surface area (Å²) in [5, 5.41) is 3.13. The Hall–Kier alpha value is -1.52. The van der Waals surface area contributed by atoms with Crippen LogP contribution in [-0.4, -0.2) is 49.8 Å². The number of nitrogens with one attached hydrogen (secondary N) is 1. The second kappa shape index (κ2) is 2.76. The lowest BCUT2D eigenvalue weighted by Gasteiger charge is -2.34. The summed E-state index contributed by atoms with van der Waals surface area (Å²) >= 11 is 0. The molecule has 2 aliphatic heterocycles. The summed E-state index contributed by atoms with van der Waals surface area (Å²) in [6.45, 7) is 0.835. The Bertz CT molecular complexity index is 314. The topological polar surface area (TPSA) is 43.2 Å². The van der Waals surface area contributed by atoms with Crippen molar-refractivity contribution in [3.8, 4) is 0 Å². The molecule has 0 aliphatic carbocycles. The number of rotatable bonds is 1. The van der Waals surface area contributed by atoms with E-state index in [4.69, 9.17) is 0 Å². The summed E-state index contributed by atoms with van der Waals surface area (Å²) in [6.07, 6.45) is 1.59. The molecule has 0 spiro atoms. The van der Waals surface area contributed by atoms with Crippen molar-refractivity contribution in [3.63, 3.8) is 0 Å². The molecule has 1 N–H and O–H groups in total. The highest BCUT2D eigenvalue weighted by Crippen LogP contribution is 2.19. The Morgan fingerprint density at radius 3 is 2.85 bits per heavy atom. The smallest absolute Gasteiger partial charge is 0.161 e. The fourth-order valence-electron chi connectivity index (χ4n) is 1.65. The zero-order valence-electron chi connectivity index (χ0n) is 8.07. The van der Waals surface area contributed by atoms with Crippen molar-refractivity contribution in [2.75, 3.05) is 27.8 Å². The van der Waals surface area contributed by atoms with Gasteiger partial charge in [-0.2, -0.15) is 0 Å². The van der Waals surface area contributed by atoms with Gasteiger partial charge in [-0.1, -0.05) is 0 Å². The van der Waals surface area contributed by atoms with Gasteiger partial charge in [-0.25, -0.2) is 9.98 Å². The van der Waals surface area contributed by atoms with Crippen LogP contribution in [0.1, 0.15) is 0 Å². The maximum Gasteiger partial charge on any atom is 0.161 e. The Morgan fingerprint density at radius 2 is 2.15 bits per heavy atom. The second-order valence-electron chi connectivity index (χ2n) is 3.18. The predicted molar refractivity (Wildman–Crippen MR) is 52.4 cm³/mol. The molecule has 0 fully saturated rings. The molecule has 0 bridgehead atoms. The second-order valence-corrected chi connectivity index (χ2v) is 3.18. The van der Waals surface area contributed by atoms with E-state index in [-0.39, 0.29) is 0 Å². The SMILES string of the molecule is CNC1=C2N=CN=C2N(C)CN1C. The van der Waals surface area contributed by atoms with E-state index in [1.165, 1.54) is 0 Å². The van der Waals surface area contributed by atoms with Crippen molar-refractivity contribution in [1.29, 1.82) is 0 Å². The van der Waals surface area contributed by atoms with Crippen LogP contribution in [0, 0.1) is 0 Å². The van der Waals surface area contributed by atoms with Crippen molar-refractivity contribution < 1.29 is 0 Å². The normalized spacial score (nSPS) is 20.7. The average molecular weight is 179 g/mol. The van der Waals surface area contributed by atoms with E-state index < -0.39 is 0 Å². The Labute approximate surface area is 77.5 Å². The van der Waals surface area contributed by atoms with Crippen LogP contribution in [0.3, 0.4) is 0 Å². The Morgan fingerprint density at radius 1 is 1.38 bits per heavy atom. The van der Waals surface area contributed by atoms with Crippen molar-refractivity contribution in [2.24, 2.45) is 9.98 Å². The van der Waals surface area contributed by atoms with Crippen LogP contribution in [0.25, 0.3) is 0 Å².